The predicted molar refractivity (Wildman–Crippen MR) is 89.1 cm³/mol. The number of hydrogen-bond donors (Lipinski definition) is 0. The minimum Gasteiger partial charge on any atom is -0.318 e. The molecule has 3 heteroatoms. The summed E-state index contributed by atoms with van der Waals surface area (Å²) in [6.07, 6.45) is 0.0739. The first-order valence-electron chi connectivity index (χ1n) is 7.08. The lowest BCUT2D eigenvalue weighted by Gasteiger charge is -2.31. The van der Waals surface area contributed by atoms with Crippen LogP contribution in [0.25, 0.3) is 0 Å². The molecule has 0 heterocycles. The molecule has 0 saturated carbocycles. The summed E-state index contributed by atoms with van der Waals surface area (Å²) >= 11 is 0. The Morgan fingerprint density at radius 1 is 0.905 bits per heavy atom. The first-order valence-corrected chi connectivity index (χ1v) is 8.97. The Labute approximate surface area is 126 Å². The predicted octanol–water partition coefficient (Wildman–Crippen LogP) is 4.36. The average molecular weight is 300 g/mol. The standard InChI is InChI=1S/C18H21O2P/c1-18(2,3)21(20,16-12-8-5-9-13-16)14-17(19)15-10-6-4-7-11-15/h4-13H,14H2,1-3H3. The average Bonchev–Trinajstić information content (AvgIpc) is 2.47. The smallest absolute Gasteiger partial charge is 0.170 e. The van der Waals surface area contributed by atoms with Crippen molar-refractivity contribution in [1.82, 2.24) is 0 Å². The number of hydrogen-bond acceptors (Lipinski definition) is 2. The SMILES string of the molecule is CC(C)(C)P(=O)(CC(=O)c1ccccc1)c1ccccc1. The second-order valence-corrected chi connectivity index (χ2v) is 9.85. The number of Topliss-reactive ketones (excluding diaryl/α,β-unsaturated/α-hetero) is 1. The van der Waals surface area contributed by atoms with E-state index in [2.05, 4.69) is 0 Å². The highest BCUT2D eigenvalue weighted by atomic mass is 31.2. The van der Waals surface area contributed by atoms with Crippen LogP contribution >= 0.6 is 7.14 Å². The lowest BCUT2D eigenvalue weighted by atomic mass is 10.2. The van der Waals surface area contributed by atoms with Crippen LogP contribution in [0.1, 0.15) is 31.1 Å². The van der Waals surface area contributed by atoms with Crippen LogP contribution in [0.2, 0.25) is 0 Å². The Kier molecular flexibility index (Phi) is 4.49. The Bertz CT molecular complexity index is 655. The van der Waals surface area contributed by atoms with Crippen molar-refractivity contribution >= 4 is 18.2 Å². The van der Waals surface area contributed by atoms with E-state index in [9.17, 15) is 9.36 Å². The van der Waals surface area contributed by atoms with Crippen molar-refractivity contribution < 1.29 is 9.36 Å². The largest absolute Gasteiger partial charge is 0.318 e. The van der Waals surface area contributed by atoms with Gasteiger partial charge in [0.1, 0.15) is 7.14 Å². The van der Waals surface area contributed by atoms with Crippen molar-refractivity contribution in [2.75, 3.05) is 6.16 Å². The van der Waals surface area contributed by atoms with Crippen molar-refractivity contribution in [3.05, 3.63) is 66.2 Å². The fourth-order valence-corrected chi connectivity index (χ4v) is 4.97. The Morgan fingerprint density at radius 2 is 1.38 bits per heavy atom. The summed E-state index contributed by atoms with van der Waals surface area (Å²) in [7, 11) is -2.83. The van der Waals surface area contributed by atoms with Gasteiger partial charge in [0.05, 0.1) is 6.16 Å². The van der Waals surface area contributed by atoms with Gasteiger partial charge in [-0.2, -0.15) is 0 Å². The quantitative estimate of drug-likeness (QED) is 0.621. The molecule has 110 valence electrons. The fraction of sp³-hybridized carbons (Fsp3) is 0.278. The van der Waals surface area contributed by atoms with Crippen molar-refractivity contribution in [1.29, 1.82) is 0 Å². The lowest BCUT2D eigenvalue weighted by molar-refractivity contribution is 0.102. The first-order chi connectivity index (χ1) is 9.84. The van der Waals surface area contributed by atoms with Crippen LogP contribution in [0.5, 0.6) is 0 Å². The third-order valence-corrected chi connectivity index (χ3v) is 7.75. The molecule has 1 atom stereocenters. The highest BCUT2D eigenvalue weighted by Crippen LogP contribution is 2.56. The van der Waals surface area contributed by atoms with Crippen LogP contribution in [0, 0.1) is 0 Å². The second kappa shape index (κ2) is 5.99. The van der Waals surface area contributed by atoms with Crippen LogP contribution in [0.3, 0.4) is 0 Å². The van der Waals surface area contributed by atoms with E-state index in [1.54, 1.807) is 12.1 Å². The van der Waals surface area contributed by atoms with Gasteiger partial charge in [0, 0.05) is 16.0 Å². The van der Waals surface area contributed by atoms with Crippen LogP contribution in [0.15, 0.2) is 60.7 Å². The number of carbonyl (C=O) groups excluding carboxylic acids is 1. The summed E-state index contributed by atoms with van der Waals surface area (Å²) in [6.45, 7) is 5.83. The van der Waals surface area contributed by atoms with Gasteiger partial charge >= 0.3 is 0 Å². The lowest BCUT2D eigenvalue weighted by Crippen LogP contribution is -2.28. The van der Waals surface area contributed by atoms with E-state index in [-0.39, 0.29) is 11.9 Å². The molecule has 0 spiro atoms. The molecule has 0 amide bonds. The van der Waals surface area contributed by atoms with E-state index in [0.29, 0.717) is 5.56 Å². The van der Waals surface area contributed by atoms with Gasteiger partial charge < -0.3 is 4.57 Å². The minimum atomic E-state index is -2.83. The Balaban J connectivity index is 2.40. The van der Waals surface area contributed by atoms with Gasteiger partial charge in [-0.15, -0.1) is 0 Å². The Hall–Kier alpha value is -1.66. The summed E-state index contributed by atoms with van der Waals surface area (Å²) in [4.78, 5) is 12.5. The third kappa shape index (κ3) is 3.33. The summed E-state index contributed by atoms with van der Waals surface area (Å²) in [6, 6.07) is 18.5. The molecule has 0 saturated heterocycles. The third-order valence-electron chi connectivity index (χ3n) is 3.72. The number of rotatable bonds is 4. The molecule has 0 radical (unpaired) electrons. The molecule has 2 aromatic rings. The summed E-state index contributed by atoms with van der Waals surface area (Å²) in [5.41, 5.74) is 0.623. The fourth-order valence-electron chi connectivity index (χ4n) is 2.30. The highest BCUT2D eigenvalue weighted by molar-refractivity contribution is 7.73. The van der Waals surface area contributed by atoms with Crippen molar-refractivity contribution in [2.24, 2.45) is 0 Å². The minimum absolute atomic E-state index is 0.0577. The summed E-state index contributed by atoms with van der Waals surface area (Å²) in [5, 5.41) is 0.334. The maximum Gasteiger partial charge on any atom is 0.170 e. The second-order valence-electron chi connectivity index (χ2n) is 6.19. The Morgan fingerprint density at radius 3 is 1.86 bits per heavy atom. The van der Waals surface area contributed by atoms with E-state index in [4.69, 9.17) is 0 Å². The zero-order valence-electron chi connectivity index (χ0n) is 12.7. The van der Waals surface area contributed by atoms with Gasteiger partial charge in [-0.3, -0.25) is 4.79 Å². The molecule has 2 nitrogen and oxygen atoms in total. The van der Waals surface area contributed by atoms with Gasteiger partial charge in [0.2, 0.25) is 0 Å². The number of carbonyl (C=O) groups is 1. The van der Waals surface area contributed by atoms with E-state index in [1.807, 2.05) is 69.3 Å². The van der Waals surface area contributed by atoms with Crippen molar-refractivity contribution in [2.45, 2.75) is 25.9 Å². The highest BCUT2D eigenvalue weighted by Gasteiger charge is 2.39. The van der Waals surface area contributed by atoms with Gasteiger partial charge in [0.15, 0.2) is 5.78 Å². The van der Waals surface area contributed by atoms with Gasteiger partial charge in [0.25, 0.3) is 0 Å². The van der Waals surface area contributed by atoms with E-state index < -0.39 is 12.3 Å². The zero-order valence-corrected chi connectivity index (χ0v) is 13.6. The summed E-state index contributed by atoms with van der Waals surface area (Å²) < 4.78 is 13.6. The van der Waals surface area contributed by atoms with Gasteiger partial charge in [-0.05, 0) is 0 Å². The van der Waals surface area contributed by atoms with E-state index >= 15 is 0 Å². The molecule has 0 fully saturated rings. The number of ketones is 1. The molecule has 0 aromatic heterocycles. The van der Waals surface area contributed by atoms with Crippen LogP contribution in [0.4, 0.5) is 0 Å². The molecule has 21 heavy (non-hydrogen) atoms. The van der Waals surface area contributed by atoms with Gasteiger partial charge in [-0.25, -0.2) is 0 Å². The van der Waals surface area contributed by atoms with Crippen molar-refractivity contribution in [3.8, 4) is 0 Å². The van der Waals surface area contributed by atoms with E-state index in [0.717, 1.165) is 5.30 Å². The van der Waals surface area contributed by atoms with Crippen LogP contribution < -0.4 is 5.30 Å². The molecule has 0 aliphatic rings. The molecular formula is C18H21O2P. The molecule has 1 unspecified atom stereocenters. The van der Waals surface area contributed by atoms with E-state index in [1.165, 1.54) is 0 Å². The molecule has 2 rings (SSSR count). The molecule has 0 bridgehead atoms. The first kappa shape index (κ1) is 15.7. The van der Waals surface area contributed by atoms with Crippen LogP contribution in [-0.4, -0.2) is 17.1 Å². The molecular weight excluding hydrogens is 279 g/mol. The molecule has 0 N–H and O–H groups in total. The van der Waals surface area contributed by atoms with Crippen LogP contribution in [-0.2, 0) is 4.57 Å². The zero-order chi connectivity index (χ0) is 15.5. The maximum absolute atomic E-state index is 13.6. The topological polar surface area (TPSA) is 34.1 Å². The van der Waals surface area contributed by atoms with Crippen molar-refractivity contribution in [3.63, 3.8) is 0 Å². The summed E-state index contributed by atoms with van der Waals surface area (Å²) in [5.74, 6) is -0.0577. The molecule has 0 aliphatic carbocycles. The normalized spacial score (nSPS) is 14.4. The van der Waals surface area contributed by atoms with Gasteiger partial charge in [-0.1, -0.05) is 81.4 Å². The maximum atomic E-state index is 13.6. The monoisotopic (exact) mass is 300 g/mol. The molecule has 2 aromatic carbocycles. The number of benzene rings is 2. The molecule has 0 aliphatic heterocycles.